The molecule has 5 heteroatoms. The van der Waals surface area contributed by atoms with Gasteiger partial charge >= 0.3 is 0 Å². The maximum Gasteiger partial charge on any atom is 0.290 e. The van der Waals surface area contributed by atoms with Crippen molar-refractivity contribution in [3.63, 3.8) is 0 Å². The Morgan fingerprint density at radius 3 is 2.62 bits per heavy atom. The second kappa shape index (κ2) is 3.86. The largest absolute Gasteiger partial charge is 0.290 e. The fourth-order valence-corrected chi connectivity index (χ4v) is 2.22. The van der Waals surface area contributed by atoms with Gasteiger partial charge in [0, 0.05) is 5.56 Å². The summed E-state index contributed by atoms with van der Waals surface area (Å²) in [6, 6.07) is 10.0. The van der Waals surface area contributed by atoms with E-state index in [2.05, 4.69) is 20.4 Å². The molecule has 0 radical (unpaired) electrons. The third kappa shape index (κ3) is 1.51. The molecule has 0 aliphatic heterocycles. The monoisotopic (exact) mass is 229 g/mol. The maximum absolute atomic E-state index is 4.19. The fraction of sp³-hybridized carbons (Fsp3) is 0. The molecule has 0 aliphatic carbocycles. The summed E-state index contributed by atoms with van der Waals surface area (Å²) in [4.78, 5) is 3.15. The molecule has 2 heterocycles. The molecule has 0 atom stereocenters. The summed E-state index contributed by atoms with van der Waals surface area (Å²) in [5.74, 6) is 0. The minimum absolute atomic E-state index is 0.862. The zero-order valence-corrected chi connectivity index (χ0v) is 9.16. The Labute approximate surface area is 96.0 Å². The van der Waals surface area contributed by atoms with Gasteiger partial charge in [0.25, 0.3) is 5.01 Å². The van der Waals surface area contributed by atoms with E-state index in [4.69, 9.17) is 0 Å². The van der Waals surface area contributed by atoms with Crippen LogP contribution < -0.4 is 4.98 Å². The molecule has 0 aliphatic rings. The van der Waals surface area contributed by atoms with Crippen molar-refractivity contribution in [2.24, 2.45) is 0 Å². The van der Waals surface area contributed by atoms with Crippen molar-refractivity contribution in [1.82, 2.24) is 15.4 Å². The van der Waals surface area contributed by atoms with Gasteiger partial charge in [-0.25, -0.2) is 0 Å². The van der Waals surface area contributed by atoms with Crippen molar-refractivity contribution in [1.29, 1.82) is 0 Å². The van der Waals surface area contributed by atoms with Gasteiger partial charge in [0.2, 0.25) is 0 Å². The average Bonchev–Trinajstić information content (AvgIpc) is 3.01. The lowest BCUT2D eigenvalue weighted by atomic mass is 10.1. The third-order valence-electron chi connectivity index (χ3n) is 2.28. The molecule has 4 nitrogen and oxygen atoms in total. The zero-order valence-electron chi connectivity index (χ0n) is 8.34. The van der Waals surface area contributed by atoms with E-state index in [1.54, 1.807) is 11.3 Å². The molecular formula is C11H9N4S+. The summed E-state index contributed by atoms with van der Waals surface area (Å²) >= 11 is 1.61. The number of H-pyrrole nitrogens is 2. The Morgan fingerprint density at radius 1 is 1.06 bits per heavy atom. The van der Waals surface area contributed by atoms with Crippen LogP contribution in [0, 0.1) is 0 Å². The first-order valence-corrected chi connectivity index (χ1v) is 5.75. The zero-order chi connectivity index (χ0) is 10.8. The summed E-state index contributed by atoms with van der Waals surface area (Å²) in [6.45, 7) is 0. The normalized spacial score (nSPS) is 10.5. The number of nitrogens with zero attached hydrogens (tertiary/aromatic N) is 2. The summed E-state index contributed by atoms with van der Waals surface area (Å²) in [5.41, 5.74) is 2.80. The molecule has 2 aromatic heterocycles. The van der Waals surface area contributed by atoms with Gasteiger partial charge in [0.15, 0.2) is 11.9 Å². The second-order valence-electron chi connectivity index (χ2n) is 3.28. The Bertz CT molecular complexity index is 571. The van der Waals surface area contributed by atoms with Gasteiger partial charge in [-0.2, -0.15) is 15.3 Å². The number of benzene rings is 1. The molecule has 0 fully saturated rings. The average molecular weight is 229 g/mol. The number of hydrogen-bond donors (Lipinski definition) is 1. The molecule has 1 aromatic carbocycles. The lowest BCUT2D eigenvalue weighted by Crippen LogP contribution is -1.99. The summed E-state index contributed by atoms with van der Waals surface area (Å²) in [7, 11) is 0. The van der Waals surface area contributed by atoms with E-state index in [0.717, 1.165) is 22.0 Å². The van der Waals surface area contributed by atoms with Crippen LogP contribution in [0.4, 0.5) is 0 Å². The van der Waals surface area contributed by atoms with Crippen molar-refractivity contribution in [2.45, 2.75) is 0 Å². The van der Waals surface area contributed by atoms with Gasteiger partial charge in [-0.05, 0) is 0 Å². The standard InChI is InChI=1S/C11H8N4S/c1-2-4-8(5-3-1)9-10(14-15-13-9)11-12-6-7-16-11/h1-7H,(H,13,14,15)/p+1. The minimum atomic E-state index is 0.862. The summed E-state index contributed by atoms with van der Waals surface area (Å²) in [6.07, 6.45) is 1.89. The quantitative estimate of drug-likeness (QED) is 0.730. The molecule has 2 N–H and O–H groups in total. The Morgan fingerprint density at radius 2 is 1.88 bits per heavy atom. The molecular weight excluding hydrogens is 220 g/mol. The van der Waals surface area contributed by atoms with Gasteiger partial charge < -0.3 is 0 Å². The highest BCUT2D eigenvalue weighted by molar-refractivity contribution is 7.12. The Kier molecular flexibility index (Phi) is 2.23. The number of aromatic nitrogens is 4. The van der Waals surface area contributed by atoms with Crippen LogP contribution in [0.1, 0.15) is 0 Å². The fourth-order valence-electron chi connectivity index (χ4n) is 1.56. The second-order valence-corrected chi connectivity index (χ2v) is 4.20. The molecule has 0 bridgehead atoms. The van der Waals surface area contributed by atoms with Crippen molar-refractivity contribution in [3.8, 4) is 22.0 Å². The van der Waals surface area contributed by atoms with Crippen molar-refractivity contribution < 1.29 is 4.98 Å². The van der Waals surface area contributed by atoms with Gasteiger partial charge in [-0.1, -0.05) is 41.7 Å². The first kappa shape index (κ1) is 9.23. The molecule has 0 saturated heterocycles. The number of nitrogens with one attached hydrogen (secondary N) is 2. The molecule has 0 amide bonds. The van der Waals surface area contributed by atoms with Crippen LogP contribution in [0.15, 0.2) is 41.9 Å². The molecule has 0 spiro atoms. The lowest BCUT2D eigenvalue weighted by Gasteiger charge is -1.94. The summed E-state index contributed by atoms with van der Waals surface area (Å²) in [5, 5.41) is 14.0. The van der Waals surface area contributed by atoms with E-state index in [-0.39, 0.29) is 0 Å². The van der Waals surface area contributed by atoms with Gasteiger partial charge in [-0.15, -0.1) is 5.10 Å². The van der Waals surface area contributed by atoms with Gasteiger partial charge in [0.1, 0.15) is 5.69 Å². The van der Waals surface area contributed by atoms with E-state index in [9.17, 15) is 0 Å². The number of thiazole rings is 1. The van der Waals surface area contributed by atoms with Gasteiger partial charge in [-0.3, -0.25) is 0 Å². The van der Waals surface area contributed by atoms with Crippen LogP contribution in [-0.4, -0.2) is 15.4 Å². The maximum atomic E-state index is 4.19. The topological polar surface area (TPSA) is 55.7 Å². The molecule has 78 valence electrons. The number of rotatable bonds is 2. The molecule has 16 heavy (non-hydrogen) atoms. The van der Waals surface area contributed by atoms with Crippen LogP contribution in [0.2, 0.25) is 0 Å². The smallest absolute Gasteiger partial charge is 0.200 e. The van der Waals surface area contributed by atoms with Crippen LogP contribution in [0.5, 0.6) is 0 Å². The van der Waals surface area contributed by atoms with Crippen LogP contribution in [0.3, 0.4) is 0 Å². The Balaban J connectivity index is 2.14. The highest BCUT2D eigenvalue weighted by Crippen LogP contribution is 2.27. The highest BCUT2D eigenvalue weighted by Gasteiger charge is 2.17. The van der Waals surface area contributed by atoms with Gasteiger partial charge in [0.05, 0.1) is 5.38 Å². The summed E-state index contributed by atoms with van der Waals surface area (Å²) < 4.78 is 0. The van der Waals surface area contributed by atoms with Crippen LogP contribution >= 0.6 is 11.3 Å². The number of hydrogen-bond acceptors (Lipinski definition) is 3. The van der Waals surface area contributed by atoms with Crippen LogP contribution in [0.25, 0.3) is 22.0 Å². The Hall–Kier alpha value is -2.01. The van der Waals surface area contributed by atoms with E-state index in [1.807, 2.05) is 41.9 Å². The first-order valence-electron chi connectivity index (χ1n) is 4.87. The van der Waals surface area contributed by atoms with Crippen molar-refractivity contribution >= 4 is 11.3 Å². The van der Waals surface area contributed by atoms with Crippen LogP contribution in [-0.2, 0) is 0 Å². The molecule has 3 aromatic rings. The predicted molar refractivity (Wildman–Crippen MR) is 61.7 cm³/mol. The third-order valence-corrected chi connectivity index (χ3v) is 3.10. The molecule has 0 saturated carbocycles. The molecule has 3 rings (SSSR count). The predicted octanol–water partition coefficient (Wildman–Crippen LogP) is 2.01. The van der Waals surface area contributed by atoms with Crippen molar-refractivity contribution in [2.75, 3.05) is 0 Å². The first-order chi connectivity index (χ1) is 7.95. The molecule has 0 unspecified atom stereocenters. The minimum Gasteiger partial charge on any atom is -0.200 e. The van der Waals surface area contributed by atoms with E-state index < -0.39 is 0 Å². The van der Waals surface area contributed by atoms with E-state index in [0.29, 0.717) is 0 Å². The highest BCUT2D eigenvalue weighted by atomic mass is 32.1. The number of aromatic amines is 2. The lowest BCUT2D eigenvalue weighted by molar-refractivity contribution is -0.358. The van der Waals surface area contributed by atoms with Crippen molar-refractivity contribution in [3.05, 3.63) is 41.9 Å². The SMILES string of the molecule is c1ccc(-c2n[nH]nc2-c2[nH+]ccs2)cc1. The van der Waals surface area contributed by atoms with E-state index >= 15 is 0 Å². The van der Waals surface area contributed by atoms with E-state index in [1.165, 1.54) is 0 Å².